The first kappa shape index (κ1) is 15.4. The molecule has 1 fully saturated rings. The van der Waals surface area contributed by atoms with Gasteiger partial charge in [0, 0.05) is 36.9 Å². The number of carbonyl (C=O) groups is 1. The van der Waals surface area contributed by atoms with E-state index in [9.17, 15) is 9.59 Å². The van der Waals surface area contributed by atoms with Crippen LogP contribution in [-0.2, 0) is 0 Å². The smallest absolute Gasteiger partial charge is 0.290 e. The molecule has 4 rings (SSSR count). The molecule has 8 nitrogen and oxygen atoms in total. The number of amides is 1. The summed E-state index contributed by atoms with van der Waals surface area (Å²) in [6, 6.07) is 5.49. The van der Waals surface area contributed by atoms with Crippen LogP contribution in [0.15, 0.2) is 41.6 Å². The van der Waals surface area contributed by atoms with Crippen LogP contribution in [0, 0.1) is 0 Å². The van der Waals surface area contributed by atoms with Gasteiger partial charge in [-0.15, -0.1) is 0 Å². The van der Waals surface area contributed by atoms with Gasteiger partial charge in [0.2, 0.25) is 0 Å². The number of rotatable bonds is 3. The molecular weight excluding hydrogens is 320 g/mol. The Labute approximate surface area is 143 Å². The highest BCUT2D eigenvalue weighted by Gasteiger charge is 2.24. The number of benzene rings is 1. The molecule has 1 amide bonds. The van der Waals surface area contributed by atoms with Gasteiger partial charge >= 0.3 is 0 Å². The van der Waals surface area contributed by atoms with E-state index in [1.165, 1.54) is 6.20 Å². The Hall–Kier alpha value is -3.16. The third kappa shape index (κ3) is 2.98. The summed E-state index contributed by atoms with van der Waals surface area (Å²) in [5, 5.41) is 10.8. The minimum atomic E-state index is -0.211. The van der Waals surface area contributed by atoms with E-state index < -0.39 is 0 Å². The van der Waals surface area contributed by atoms with E-state index in [0.717, 1.165) is 30.3 Å². The highest BCUT2D eigenvalue weighted by molar-refractivity contribution is 6.05. The Morgan fingerprint density at radius 1 is 1.36 bits per heavy atom. The standard InChI is InChI=1S/C17H18N6O2/c24-16(13-5-1-3-11-9-20-22-14(11)13)21-12-4-2-8-23(10-12)15-17(25)19-7-6-18-15/h1,3,5-7,9,12H,2,4,8,10H2,(H,19,25)(H,20,22)(H,21,24)/t12-/m0/s1. The fourth-order valence-corrected chi connectivity index (χ4v) is 3.28. The van der Waals surface area contributed by atoms with Gasteiger partial charge in [0.1, 0.15) is 0 Å². The fourth-order valence-electron chi connectivity index (χ4n) is 3.28. The van der Waals surface area contributed by atoms with Crippen molar-refractivity contribution in [2.24, 2.45) is 0 Å². The van der Waals surface area contributed by atoms with Crippen LogP contribution in [0.5, 0.6) is 0 Å². The molecule has 1 aromatic carbocycles. The summed E-state index contributed by atoms with van der Waals surface area (Å²) in [4.78, 5) is 33.3. The first-order valence-electron chi connectivity index (χ1n) is 8.24. The van der Waals surface area contributed by atoms with Gasteiger partial charge in [-0.2, -0.15) is 5.10 Å². The average molecular weight is 338 g/mol. The third-order valence-corrected chi connectivity index (χ3v) is 4.47. The second-order valence-electron chi connectivity index (χ2n) is 6.14. The van der Waals surface area contributed by atoms with Gasteiger partial charge in [-0.1, -0.05) is 12.1 Å². The largest absolute Gasteiger partial charge is 0.350 e. The number of hydrogen-bond donors (Lipinski definition) is 3. The zero-order chi connectivity index (χ0) is 17.2. The number of nitrogens with zero attached hydrogens (tertiary/aromatic N) is 3. The van der Waals surface area contributed by atoms with Gasteiger partial charge in [-0.05, 0) is 18.9 Å². The highest BCUT2D eigenvalue weighted by atomic mass is 16.1. The van der Waals surface area contributed by atoms with E-state index in [4.69, 9.17) is 0 Å². The van der Waals surface area contributed by atoms with Gasteiger partial charge in [-0.25, -0.2) is 4.98 Å². The summed E-state index contributed by atoms with van der Waals surface area (Å²) in [7, 11) is 0. The van der Waals surface area contributed by atoms with Gasteiger partial charge in [0.25, 0.3) is 11.5 Å². The van der Waals surface area contributed by atoms with Crippen LogP contribution in [0.4, 0.5) is 5.82 Å². The Bertz CT molecular complexity index is 963. The van der Waals surface area contributed by atoms with E-state index in [-0.39, 0.29) is 17.5 Å². The molecule has 0 spiro atoms. The lowest BCUT2D eigenvalue weighted by molar-refractivity contribution is 0.0934. The van der Waals surface area contributed by atoms with Crippen molar-refractivity contribution in [1.82, 2.24) is 25.5 Å². The van der Waals surface area contributed by atoms with Crippen molar-refractivity contribution in [2.75, 3.05) is 18.0 Å². The van der Waals surface area contributed by atoms with E-state index >= 15 is 0 Å². The molecule has 1 saturated heterocycles. The van der Waals surface area contributed by atoms with Crippen LogP contribution in [0.2, 0.25) is 0 Å². The van der Waals surface area contributed by atoms with Crippen LogP contribution in [0.1, 0.15) is 23.2 Å². The Kier molecular flexibility index (Phi) is 3.93. The molecule has 3 aromatic rings. The SMILES string of the molecule is O=C(N[C@H]1CCCN(c2ncc[nH]c2=O)C1)c1cccc2cn[nH]c12. The maximum Gasteiger partial charge on any atom is 0.290 e. The first-order chi connectivity index (χ1) is 12.2. The Morgan fingerprint density at radius 3 is 3.16 bits per heavy atom. The van der Waals surface area contributed by atoms with Crippen molar-refractivity contribution < 1.29 is 4.79 Å². The summed E-state index contributed by atoms with van der Waals surface area (Å²) >= 11 is 0. The second kappa shape index (κ2) is 6.39. The quantitative estimate of drug-likeness (QED) is 0.662. The molecule has 0 aliphatic carbocycles. The zero-order valence-corrected chi connectivity index (χ0v) is 13.5. The highest BCUT2D eigenvalue weighted by Crippen LogP contribution is 2.18. The molecule has 3 N–H and O–H groups in total. The average Bonchev–Trinajstić information content (AvgIpc) is 3.11. The molecular formula is C17H18N6O2. The molecule has 1 aliphatic heterocycles. The molecule has 128 valence electrons. The summed E-state index contributed by atoms with van der Waals surface area (Å²) < 4.78 is 0. The molecule has 1 atom stereocenters. The molecule has 8 heteroatoms. The molecule has 0 unspecified atom stereocenters. The zero-order valence-electron chi connectivity index (χ0n) is 13.5. The molecule has 2 aromatic heterocycles. The Morgan fingerprint density at radius 2 is 2.28 bits per heavy atom. The third-order valence-electron chi connectivity index (χ3n) is 4.47. The normalized spacial score (nSPS) is 17.6. The maximum atomic E-state index is 12.7. The van der Waals surface area contributed by atoms with Gasteiger partial charge in [0.05, 0.1) is 17.3 Å². The first-order valence-corrected chi connectivity index (χ1v) is 8.24. The Balaban J connectivity index is 1.51. The number of aromatic nitrogens is 4. The van der Waals surface area contributed by atoms with E-state index in [1.807, 2.05) is 17.0 Å². The van der Waals surface area contributed by atoms with E-state index in [2.05, 4.69) is 25.5 Å². The summed E-state index contributed by atoms with van der Waals surface area (Å²) in [6.07, 6.45) is 6.53. The number of hydrogen-bond acceptors (Lipinski definition) is 5. The molecule has 25 heavy (non-hydrogen) atoms. The number of fused-ring (bicyclic) bond motifs is 1. The predicted molar refractivity (Wildman–Crippen MR) is 93.7 cm³/mol. The number of carbonyl (C=O) groups excluding carboxylic acids is 1. The number of H-pyrrole nitrogens is 2. The molecule has 1 aliphatic rings. The number of para-hydroxylation sites is 1. The number of nitrogens with one attached hydrogen (secondary N) is 3. The van der Waals surface area contributed by atoms with Crippen LogP contribution >= 0.6 is 0 Å². The van der Waals surface area contributed by atoms with E-state index in [1.54, 1.807) is 18.5 Å². The van der Waals surface area contributed by atoms with Gasteiger partial charge < -0.3 is 15.2 Å². The summed E-state index contributed by atoms with van der Waals surface area (Å²) in [5.41, 5.74) is 1.09. The monoisotopic (exact) mass is 338 g/mol. The lowest BCUT2D eigenvalue weighted by Crippen LogP contribution is -2.49. The van der Waals surface area contributed by atoms with Crippen LogP contribution < -0.4 is 15.8 Å². The lowest BCUT2D eigenvalue weighted by atomic mass is 10.0. The van der Waals surface area contributed by atoms with E-state index in [0.29, 0.717) is 17.9 Å². The second-order valence-corrected chi connectivity index (χ2v) is 6.14. The van der Waals surface area contributed by atoms with Crippen LogP contribution in [0.3, 0.4) is 0 Å². The summed E-state index contributed by atoms with van der Waals surface area (Å²) in [5.74, 6) is 0.258. The molecule has 3 heterocycles. The van der Waals surface area contributed by atoms with Crippen molar-refractivity contribution in [2.45, 2.75) is 18.9 Å². The number of aromatic amines is 2. The van der Waals surface area contributed by atoms with Crippen LogP contribution in [0.25, 0.3) is 10.9 Å². The van der Waals surface area contributed by atoms with Crippen molar-refractivity contribution >= 4 is 22.6 Å². The van der Waals surface area contributed by atoms with Gasteiger partial charge in [-0.3, -0.25) is 14.7 Å². The molecule has 0 radical (unpaired) electrons. The van der Waals surface area contributed by atoms with Crippen molar-refractivity contribution in [1.29, 1.82) is 0 Å². The number of anilines is 1. The minimum absolute atomic E-state index is 0.0409. The maximum absolute atomic E-state index is 12.7. The van der Waals surface area contributed by atoms with Crippen molar-refractivity contribution in [3.63, 3.8) is 0 Å². The van der Waals surface area contributed by atoms with Crippen LogP contribution in [-0.4, -0.2) is 45.2 Å². The predicted octanol–water partition coefficient (Wildman–Crippen LogP) is 1.04. The van der Waals surface area contributed by atoms with Crippen molar-refractivity contribution in [3.8, 4) is 0 Å². The van der Waals surface area contributed by atoms with Gasteiger partial charge in [0.15, 0.2) is 5.82 Å². The lowest BCUT2D eigenvalue weighted by Gasteiger charge is -2.33. The van der Waals surface area contributed by atoms with Crippen molar-refractivity contribution in [3.05, 3.63) is 52.7 Å². The summed E-state index contributed by atoms with van der Waals surface area (Å²) in [6.45, 7) is 1.31. The molecule has 0 saturated carbocycles. The fraction of sp³-hybridized carbons (Fsp3) is 0.294. The minimum Gasteiger partial charge on any atom is -0.350 e. The topological polar surface area (TPSA) is 107 Å². The number of piperidine rings is 1. The molecule has 0 bridgehead atoms.